The maximum absolute atomic E-state index is 5.81. The summed E-state index contributed by atoms with van der Waals surface area (Å²) in [6.07, 6.45) is 10.1. The lowest BCUT2D eigenvalue weighted by Gasteiger charge is -2.28. The molecule has 2 aliphatic rings. The van der Waals surface area contributed by atoms with Gasteiger partial charge in [-0.15, -0.1) is 0 Å². The van der Waals surface area contributed by atoms with Crippen molar-refractivity contribution >= 4 is 10.6 Å². The molecule has 11 heavy (non-hydrogen) atoms. The quantitative estimate of drug-likeness (QED) is 0.563. The van der Waals surface area contributed by atoms with E-state index in [2.05, 4.69) is 12.5 Å². The van der Waals surface area contributed by atoms with Crippen molar-refractivity contribution in [2.24, 2.45) is 0 Å². The second kappa shape index (κ2) is 2.64. The van der Waals surface area contributed by atoms with E-state index in [-0.39, 0.29) is 0 Å². The van der Waals surface area contributed by atoms with Crippen molar-refractivity contribution in [1.29, 1.82) is 0 Å². The average Bonchev–Trinajstić information content (AvgIpc) is 2.21. The summed E-state index contributed by atoms with van der Waals surface area (Å²) >= 11 is 0. The van der Waals surface area contributed by atoms with E-state index in [1.54, 1.807) is 0 Å². The van der Waals surface area contributed by atoms with Gasteiger partial charge >= 0.3 is 0 Å². The van der Waals surface area contributed by atoms with Crippen molar-refractivity contribution in [3.05, 3.63) is 0 Å². The van der Waals surface area contributed by atoms with Gasteiger partial charge in [0.25, 0.3) is 0 Å². The van der Waals surface area contributed by atoms with Gasteiger partial charge in [-0.1, -0.05) is 12.8 Å². The third-order valence-corrected chi connectivity index (χ3v) is 3.77. The summed E-state index contributed by atoms with van der Waals surface area (Å²) in [5, 5.41) is 0. The highest BCUT2D eigenvalue weighted by atomic mass is 32.3. The molecular weight excluding hydrogens is 160 g/mol. The number of hydrogen-bond acceptors (Lipinski definition) is 2. The molecule has 3 heteroatoms. The Morgan fingerprint density at radius 2 is 1.45 bits per heavy atom. The van der Waals surface area contributed by atoms with E-state index in [0.717, 1.165) is 0 Å². The molecule has 0 radical (unpaired) electrons. The van der Waals surface area contributed by atoms with Gasteiger partial charge in [0.2, 0.25) is 0 Å². The number of fused-ring (bicyclic) bond motifs is 1. The summed E-state index contributed by atoms with van der Waals surface area (Å²) in [6.45, 7) is 0. The third kappa shape index (κ3) is 1.55. The minimum Gasteiger partial charge on any atom is -0.279 e. The molecule has 0 aromatic carbocycles. The van der Waals surface area contributed by atoms with E-state index in [1.165, 1.54) is 25.7 Å². The summed E-state index contributed by atoms with van der Waals surface area (Å²) in [7, 11) is -1.13. The second-order valence-electron chi connectivity index (χ2n) is 3.70. The van der Waals surface area contributed by atoms with E-state index in [0.29, 0.717) is 12.2 Å². The lowest BCUT2D eigenvalue weighted by molar-refractivity contribution is 0.110. The Balaban J connectivity index is 2.03. The number of rotatable bonds is 0. The molecule has 1 heterocycles. The molecule has 1 saturated heterocycles. The van der Waals surface area contributed by atoms with Crippen molar-refractivity contribution in [3.8, 4) is 0 Å². The zero-order valence-corrected chi connectivity index (χ0v) is 8.02. The molecule has 0 aromatic heterocycles. The Kier molecular flexibility index (Phi) is 1.90. The largest absolute Gasteiger partial charge is 0.279 e. The van der Waals surface area contributed by atoms with Crippen LogP contribution in [0.4, 0.5) is 0 Å². The first kappa shape index (κ1) is 7.90. The lowest BCUT2D eigenvalue weighted by Crippen LogP contribution is -2.25. The first-order valence-corrected chi connectivity index (χ1v) is 6.57. The van der Waals surface area contributed by atoms with Crippen LogP contribution in [0.1, 0.15) is 25.7 Å². The topological polar surface area (TPSA) is 18.5 Å². The van der Waals surface area contributed by atoms with Gasteiger partial charge in [0.1, 0.15) is 12.2 Å². The van der Waals surface area contributed by atoms with E-state index in [1.807, 2.05) is 0 Å². The van der Waals surface area contributed by atoms with Gasteiger partial charge in [0.15, 0.2) is 0 Å². The van der Waals surface area contributed by atoms with Crippen LogP contribution in [0.2, 0.25) is 0 Å². The van der Waals surface area contributed by atoms with Crippen molar-refractivity contribution in [2.75, 3.05) is 12.5 Å². The van der Waals surface area contributed by atoms with Gasteiger partial charge in [-0.2, -0.15) is 10.6 Å². The van der Waals surface area contributed by atoms with Crippen molar-refractivity contribution in [3.63, 3.8) is 0 Å². The van der Waals surface area contributed by atoms with Gasteiger partial charge in [-0.05, 0) is 12.8 Å². The highest BCUT2D eigenvalue weighted by molar-refractivity contribution is 8.24. The van der Waals surface area contributed by atoms with Gasteiger partial charge in [-0.25, -0.2) is 0 Å². The van der Waals surface area contributed by atoms with Crippen molar-refractivity contribution in [2.45, 2.75) is 37.9 Å². The highest BCUT2D eigenvalue weighted by Crippen LogP contribution is 2.54. The van der Waals surface area contributed by atoms with Gasteiger partial charge in [0.05, 0.1) is 0 Å². The van der Waals surface area contributed by atoms with Gasteiger partial charge < -0.3 is 0 Å². The molecule has 1 saturated carbocycles. The zero-order valence-electron chi connectivity index (χ0n) is 7.21. The van der Waals surface area contributed by atoms with Crippen LogP contribution in [0.15, 0.2) is 0 Å². The highest BCUT2D eigenvalue weighted by Gasteiger charge is 2.38. The normalized spacial score (nSPS) is 44.9. The zero-order chi connectivity index (χ0) is 7.90. The fraction of sp³-hybridized carbons (Fsp3) is 1.00. The second-order valence-corrected chi connectivity index (χ2v) is 6.37. The molecule has 2 rings (SSSR count). The predicted molar refractivity (Wildman–Crippen MR) is 47.7 cm³/mol. The third-order valence-electron chi connectivity index (χ3n) is 2.35. The molecule has 0 bridgehead atoms. The van der Waals surface area contributed by atoms with Crippen LogP contribution in [0.5, 0.6) is 0 Å². The average molecular weight is 176 g/mol. The Hall–Kier alpha value is 0.270. The molecule has 0 N–H and O–H groups in total. The van der Waals surface area contributed by atoms with Crippen LogP contribution >= 0.6 is 10.6 Å². The maximum Gasteiger partial charge on any atom is 0.110 e. The Morgan fingerprint density at radius 3 is 1.91 bits per heavy atom. The minimum atomic E-state index is -1.13. The Bertz CT molecular complexity index is 142. The van der Waals surface area contributed by atoms with Crippen LogP contribution in [0.25, 0.3) is 0 Å². The SMILES string of the molecule is CS1(C)OC2CCCCC2O1. The molecule has 2 unspecified atom stereocenters. The smallest absolute Gasteiger partial charge is 0.110 e. The van der Waals surface area contributed by atoms with Gasteiger partial charge in [-0.3, -0.25) is 8.37 Å². The molecule has 66 valence electrons. The Labute approximate surface area is 70.0 Å². The van der Waals surface area contributed by atoms with Crippen LogP contribution in [0.3, 0.4) is 0 Å². The van der Waals surface area contributed by atoms with Crippen molar-refractivity contribution in [1.82, 2.24) is 0 Å². The first-order chi connectivity index (χ1) is 5.17. The molecule has 0 spiro atoms. The molecule has 0 amide bonds. The number of hydrogen-bond donors (Lipinski definition) is 0. The summed E-state index contributed by atoms with van der Waals surface area (Å²) in [5.41, 5.74) is 0. The summed E-state index contributed by atoms with van der Waals surface area (Å²) in [5.74, 6) is 0. The predicted octanol–water partition coefficient (Wildman–Crippen LogP) is 2.24. The summed E-state index contributed by atoms with van der Waals surface area (Å²) < 4.78 is 11.6. The maximum atomic E-state index is 5.81. The van der Waals surface area contributed by atoms with Crippen LogP contribution in [-0.4, -0.2) is 24.7 Å². The van der Waals surface area contributed by atoms with Crippen LogP contribution in [-0.2, 0) is 8.37 Å². The minimum absolute atomic E-state index is 0.425. The van der Waals surface area contributed by atoms with Crippen molar-refractivity contribution < 1.29 is 8.37 Å². The van der Waals surface area contributed by atoms with E-state index in [9.17, 15) is 0 Å². The standard InChI is InChI=1S/C8H16O2S/c1-11(2)9-7-5-3-4-6-8(7)10-11/h7-8H,3-6H2,1-2H3. The molecule has 2 nitrogen and oxygen atoms in total. The molecule has 2 atom stereocenters. The first-order valence-electron chi connectivity index (χ1n) is 4.27. The lowest BCUT2D eigenvalue weighted by atomic mass is 9.95. The fourth-order valence-electron chi connectivity index (χ4n) is 1.90. The van der Waals surface area contributed by atoms with E-state index >= 15 is 0 Å². The Morgan fingerprint density at radius 1 is 1.00 bits per heavy atom. The van der Waals surface area contributed by atoms with Crippen LogP contribution < -0.4 is 0 Å². The molecule has 2 fully saturated rings. The fourth-order valence-corrected chi connectivity index (χ4v) is 3.58. The summed E-state index contributed by atoms with van der Waals surface area (Å²) in [4.78, 5) is 0. The molecule has 1 aliphatic heterocycles. The van der Waals surface area contributed by atoms with Crippen LogP contribution in [0, 0.1) is 0 Å². The molecule has 0 aromatic rings. The molecular formula is C8H16O2S. The van der Waals surface area contributed by atoms with Gasteiger partial charge in [0, 0.05) is 12.5 Å². The summed E-state index contributed by atoms with van der Waals surface area (Å²) in [6, 6.07) is 0. The molecule has 1 aliphatic carbocycles. The van der Waals surface area contributed by atoms with E-state index < -0.39 is 10.6 Å². The monoisotopic (exact) mass is 176 g/mol. The van der Waals surface area contributed by atoms with E-state index in [4.69, 9.17) is 8.37 Å².